The molecule has 6 aromatic carbocycles. The first-order valence-electron chi connectivity index (χ1n) is 13.6. The second kappa shape index (κ2) is 8.46. The van der Waals surface area contributed by atoms with Gasteiger partial charge in [0.15, 0.2) is 0 Å². The normalized spacial score (nSPS) is 12.9. The van der Waals surface area contributed by atoms with Crippen LogP contribution in [0.15, 0.2) is 127 Å². The van der Waals surface area contributed by atoms with E-state index in [1.54, 1.807) is 0 Å². The average Bonchev–Trinajstić information content (AvgIpc) is 3.21. The SMILES string of the molecule is c1ccc(-c2cccc(-n3c4ccccc4c4c5ccccc5c5c(c43)CCCc3ccccc3-5)c2)cc1. The van der Waals surface area contributed by atoms with Crippen LogP contribution >= 0.6 is 0 Å². The largest absolute Gasteiger partial charge is 0.309 e. The Morgan fingerprint density at radius 2 is 1.24 bits per heavy atom. The van der Waals surface area contributed by atoms with E-state index >= 15 is 0 Å². The predicted octanol–water partition coefficient (Wildman–Crippen LogP) is 9.76. The van der Waals surface area contributed by atoms with E-state index in [0.29, 0.717) is 0 Å². The van der Waals surface area contributed by atoms with E-state index in [1.165, 1.54) is 71.6 Å². The van der Waals surface area contributed by atoms with Gasteiger partial charge in [0.25, 0.3) is 0 Å². The van der Waals surface area contributed by atoms with E-state index in [1.807, 2.05) is 0 Å². The molecule has 0 N–H and O–H groups in total. The maximum absolute atomic E-state index is 2.54. The summed E-state index contributed by atoms with van der Waals surface area (Å²) in [7, 11) is 0. The molecule has 0 bridgehead atoms. The van der Waals surface area contributed by atoms with Crippen molar-refractivity contribution in [1.82, 2.24) is 4.57 Å². The lowest BCUT2D eigenvalue weighted by atomic mass is 9.88. The van der Waals surface area contributed by atoms with Gasteiger partial charge in [-0.1, -0.05) is 109 Å². The molecule has 0 saturated heterocycles. The van der Waals surface area contributed by atoms with Gasteiger partial charge in [0.2, 0.25) is 0 Å². The van der Waals surface area contributed by atoms with Gasteiger partial charge < -0.3 is 4.57 Å². The van der Waals surface area contributed by atoms with Crippen LogP contribution in [0.25, 0.3) is 60.5 Å². The van der Waals surface area contributed by atoms with Crippen molar-refractivity contribution >= 4 is 32.6 Å². The van der Waals surface area contributed by atoms with Gasteiger partial charge >= 0.3 is 0 Å². The minimum atomic E-state index is 1.07. The van der Waals surface area contributed by atoms with E-state index < -0.39 is 0 Å². The summed E-state index contributed by atoms with van der Waals surface area (Å²) in [5, 5.41) is 5.40. The zero-order chi connectivity index (χ0) is 25.1. The number of aryl methyl sites for hydroxylation is 2. The predicted molar refractivity (Wildman–Crippen MR) is 161 cm³/mol. The molecule has 0 unspecified atom stereocenters. The van der Waals surface area contributed by atoms with Gasteiger partial charge in [-0.15, -0.1) is 0 Å². The molecule has 38 heavy (non-hydrogen) atoms. The Balaban J connectivity index is 1.56. The summed E-state index contributed by atoms with van der Waals surface area (Å²) in [5.74, 6) is 0. The molecule has 8 rings (SSSR count). The summed E-state index contributed by atoms with van der Waals surface area (Å²) < 4.78 is 2.54. The lowest BCUT2D eigenvalue weighted by molar-refractivity contribution is 0.836. The molecule has 180 valence electrons. The quantitative estimate of drug-likeness (QED) is 0.230. The summed E-state index contributed by atoms with van der Waals surface area (Å²) in [6.45, 7) is 0. The number of nitrogens with zero attached hydrogens (tertiary/aromatic N) is 1. The molecular weight excluding hydrogens is 458 g/mol. The van der Waals surface area contributed by atoms with E-state index in [4.69, 9.17) is 0 Å². The molecule has 1 aliphatic rings. The van der Waals surface area contributed by atoms with Crippen molar-refractivity contribution < 1.29 is 0 Å². The van der Waals surface area contributed by atoms with Crippen molar-refractivity contribution in [2.75, 3.05) is 0 Å². The molecule has 0 radical (unpaired) electrons. The molecule has 0 fully saturated rings. The first-order chi connectivity index (χ1) is 18.9. The van der Waals surface area contributed by atoms with Crippen LogP contribution in [0.1, 0.15) is 17.5 Å². The zero-order valence-electron chi connectivity index (χ0n) is 21.2. The average molecular weight is 486 g/mol. The minimum absolute atomic E-state index is 1.07. The summed E-state index contributed by atoms with van der Waals surface area (Å²) in [6.07, 6.45) is 3.34. The van der Waals surface area contributed by atoms with Crippen molar-refractivity contribution in [2.24, 2.45) is 0 Å². The Labute approximate surface area is 222 Å². The van der Waals surface area contributed by atoms with Crippen molar-refractivity contribution in [2.45, 2.75) is 19.3 Å². The number of hydrogen-bond acceptors (Lipinski definition) is 0. The first-order valence-corrected chi connectivity index (χ1v) is 13.6. The van der Waals surface area contributed by atoms with Crippen molar-refractivity contribution in [3.05, 3.63) is 139 Å². The van der Waals surface area contributed by atoms with E-state index in [2.05, 4.69) is 132 Å². The molecule has 1 heteroatoms. The van der Waals surface area contributed by atoms with Gasteiger partial charge in [-0.25, -0.2) is 0 Å². The number of benzene rings is 6. The molecule has 1 aliphatic carbocycles. The molecule has 0 aliphatic heterocycles. The number of fused-ring (bicyclic) bond motifs is 10. The molecule has 0 spiro atoms. The Kier molecular flexibility index (Phi) is 4.78. The molecular formula is C37H27N. The fraction of sp³-hybridized carbons (Fsp3) is 0.0811. The smallest absolute Gasteiger partial charge is 0.0585 e. The highest BCUT2D eigenvalue weighted by molar-refractivity contribution is 6.25. The van der Waals surface area contributed by atoms with Crippen molar-refractivity contribution in [1.29, 1.82) is 0 Å². The second-order valence-electron chi connectivity index (χ2n) is 10.4. The van der Waals surface area contributed by atoms with Crippen LogP contribution in [-0.2, 0) is 12.8 Å². The maximum atomic E-state index is 2.54. The van der Waals surface area contributed by atoms with Gasteiger partial charge in [0, 0.05) is 16.5 Å². The fourth-order valence-corrected chi connectivity index (χ4v) is 6.71. The van der Waals surface area contributed by atoms with Gasteiger partial charge in [-0.3, -0.25) is 0 Å². The van der Waals surface area contributed by atoms with Crippen LogP contribution in [0, 0.1) is 0 Å². The van der Waals surface area contributed by atoms with Crippen LogP contribution in [0.2, 0.25) is 0 Å². The minimum Gasteiger partial charge on any atom is -0.309 e. The van der Waals surface area contributed by atoms with E-state index in [-0.39, 0.29) is 0 Å². The highest BCUT2D eigenvalue weighted by atomic mass is 15.0. The lowest BCUT2D eigenvalue weighted by Gasteiger charge is -2.18. The molecule has 1 nitrogen and oxygen atoms in total. The Hall–Kier alpha value is -4.62. The molecule has 0 atom stereocenters. The number of para-hydroxylation sites is 1. The standard InChI is InChI=1S/C37H27N/c1-2-12-25(13-3-1)27-16-10-17-28(24-27)38-34-23-9-8-21-32(34)36-31-20-7-6-19-30(31)35-29-18-5-4-14-26(29)15-11-22-33(35)37(36)38/h1-10,12-14,16-21,23-24H,11,15,22H2. The number of hydrogen-bond donors (Lipinski definition) is 0. The van der Waals surface area contributed by atoms with Crippen LogP contribution in [0.4, 0.5) is 0 Å². The first kappa shape index (κ1) is 21.5. The van der Waals surface area contributed by atoms with Crippen LogP contribution in [0.3, 0.4) is 0 Å². The summed E-state index contributed by atoms with van der Waals surface area (Å²) in [6, 6.07) is 46.8. The molecule has 1 aromatic heterocycles. The maximum Gasteiger partial charge on any atom is 0.0585 e. The topological polar surface area (TPSA) is 4.93 Å². The summed E-state index contributed by atoms with van der Waals surface area (Å²) >= 11 is 0. The lowest BCUT2D eigenvalue weighted by Crippen LogP contribution is -2.00. The van der Waals surface area contributed by atoms with Crippen molar-refractivity contribution in [3.8, 4) is 27.9 Å². The monoisotopic (exact) mass is 485 g/mol. The van der Waals surface area contributed by atoms with Crippen molar-refractivity contribution in [3.63, 3.8) is 0 Å². The van der Waals surface area contributed by atoms with Crippen LogP contribution in [-0.4, -0.2) is 4.57 Å². The molecule has 0 saturated carbocycles. The Morgan fingerprint density at radius 3 is 2.13 bits per heavy atom. The van der Waals surface area contributed by atoms with Crippen LogP contribution < -0.4 is 0 Å². The van der Waals surface area contributed by atoms with Gasteiger partial charge in [-0.05, 0) is 81.6 Å². The second-order valence-corrected chi connectivity index (χ2v) is 10.4. The third-order valence-corrected chi connectivity index (χ3v) is 8.30. The molecule has 1 heterocycles. The summed E-state index contributed by atoms with van der Waals surface area (Å²) in [5.41, 5.74) is 12.1. The van der Waals surface area contributed by atoms with E-state index in [0.717, 1.165) is 19.3 Å². The fourth-order valence-electron chi connectivity index (χ4n) is 6.71. The number of aromatic nitrogens is 1. The molecule has 7 aromatic rings. The van der Waals surface area contributed by atoms with Crippen LogP contribution in [0.5, 0.6) is 0 Å². The Morgan fingerprint density at radius 1 is 0.526 bits per heavy atom. The Bertz CT molecular complexity index is 1990. The third-order valence-electron chi connectivity index (χ3n) is 8.30. The highest BCUT2D eigenvalue weighted by Gasteiger charge is 2.25. The zero-order valence-corrected chi connectivity index (χ0v) is 21.2. The van der Waals surface area contributed by atoms with Gasteiger partial charge in [0.05, 0.1) is 11.0 Å². The third kappa shape index (κ3) is 3.12. The van der Waals surface area contributed by atoms with Gasteiger partial charge in [0.1, 0.15) is 0 Å². The van der Waals surface area contributed by atoms with Gasteiger partial charge in [-0.2, -0.15) is 0 Å². The highest BCUT2D eigenvalue weighted by Crippen LogP contribution is 2.47. The number of rotatable bonds is 2. The van der Waals surface area contributed by atoms with E-state index in [9.17, 15) is 0 Å². The summed E-state index contributed by atoms with van der Waals surface area (Å²) in [4.78, 5) is 0. The molecule has 0 amide bonds.